The summed E-state index contributed by atoms with van der Waals surface area (Å²) < 4.78 is 0. The summed E-state index contributed by atoms with van der Waals surface area (Å²) in [7, 11) is 0. The first-order chi connectivity index (χ1) is 23.0. The second-order valence-electron chi connectivity index (χ2n) is 14.5. The minimum absolute atomic E-state index is 0.0544. The molecule has 0 bridgehead atoms. The van der Waals surface area contributed by atoms with Crippen LogP contribution in [0.3, 0.4) is 0 Å². The van der Waals surface area contributed by atoms with Gasteiger partial charge in [-0.05, 0) is 95.5 Å². The topological polar surface area (TPSA) is 24.7 Å². The first-order valence-corrected chi connectivity index (χ1v) is 17.6. The average molecular weight is 613 g/mol. The summed E-state index contributed by atoms with van der Waals surface area (Å²) in [5.74, 6) is 2.44. The third-order valence-electron chi connectivity index (χ3n) is 11.0. The highest BCUT2D eigenvalue weighted by atomic mass is 14.9. The van der Waals surface area contributed by atoms with Crippen molar-refractivity contribution < 1.29 is 0 Å². The predicted octanol–water partition coefficient (Wildman–Crippen LogP) is 11.2. The van der Waals surface area contributed by atoms with Gasteiger partial charge < -0.3 is 0 Å². The Morgan fingerprint density at radius 3 is 2.55 bits per heavy atom. The van der Waals surface area contributed by atoms with Gasteiger partial charge in [-0.1, -0.05) is 124 Å². The monoisotopic (exact) mass is 612 g/mol. The summed E-state index contributed by atoms with van der Waals surface area (Å²) in [6.07, 6.45) is 33.5. The summed E-state index contributed by atoms with van der Waals surface area (Å²) in [4.78, 5) is 10.4. The zero-order valence-corrected chi connectivity index (χ0v) is 27.9. The van der Waals surface area contributed by atoms with Gasteiger partial charge in [0, 0.05) is 34.8 Å². The number of hydrogen-bond acceptors (Lipinski definition) is 2. The van der Waals surface area contributed by atoms with Gasteiger partial charge in [0.05, 0.1) is 11.4 Å². The minimum Gasteiger partial charge on any atom is -0.232 e. The molecule has 0 spiro atoms. The normalized spacial score (nSPS) is 27.1. The van der Waals surface area contributed by atoms with Crippen LogP contribution in [0.25, 0.3) is 11.1 Å². The van der Waals surface area contributed by atoms with Crippen LogP contribution in [0.5, 0.6) is 0 Å². The fraction of sp³-hybridized carbons (Fsp3) is 0.311. The van der Waals surface area contributed by atoms with Crippen LogP contribution in [-0.4, -0.2) is 11.5 Å². The largest absolute Gasteiger partial charge is 0.232 e. The molecule has 1 heterocycles. The van der Waals surface area contributed by atoms with E-state index in [0.717, 1.165) is 61.3 Å². The molecule has 0 amide bonds. The Hall–Kier alpha value is -4.52. The molecule has 6 aliphatic rings. The van der Waals surface area contributed by atoms with Crippen LogP contribution < -0.4 is 0 Å². The number of amidine groups is 1. The molecule has 2 aromatic carbocycles. The third kappa shape index (κ3) is 5.60. The lowest BCUT2D eigenvalue weighted by Crippen LogP contribution is -2.22. The van der Waals surface area contributed by atoms with Crippen molar-refractivity contribution in [1.82, 2.24) is 0 Å². The number of nitrogens with zero attached hydrogens (tertiary/aromatic N) is 2. The fourth-order valence-electron chi connectivity index (χ4n) is 8.52. The van der Waals surface area contributed by atoms with Crippen LogP contribution in [0.15, 0.2) is 142 Å². The van der Waals surface area contributed by atoms with E-state index in [1.165, 1.54) is 33.4 Å². The maximum absolute atomic E-state index is 5.26. The number of allylic oxidation sites excluding steroid dienone is 14. The van der Waals surface area contributed by atoms with Gasteiger partial charge in [0.1, 0.15) is 5.84 Å². The summed E-state index contributed by atoms with van der Waals surface area (Å²) >= 11 is 0. The number of rotatable bonds is 5. The lowest BCUT2D eigenvalue weighted by Gasteiger charge is -2.30. The molecule has 0 aromatic heterocycles. The number of aliphatic imine (C=N–C) groups is 2. The van der Waals surface area contributed by atoms with E-state index in [9.17, 15) is 0 Å². The molecule has 2 aromatic rings. The Bertz CT molecular complexity index is 1970. The number of fused-ring (bicyclic) bond motifs is 2. The van der Waals surface area contributed by atoms with Gasteiger partial charge >= 0.3 is 0 Å². The highest BCUT2D eigenvalue weighted by Crippen LogP contribution is 2.52. The Balaban J connectivity index is 1.11. The van der Waals surface area contributed by atoms with E-state index in [2.05, 4.69) is 142 Å². The summed E-state index contributed by atoms with van der Waals surface area (Å²) in [5.41, 5.74) is 16.6. The molecule has 2 heteroatoms. The molecule has 0 saturated heterocycles. The summed E-state index contributed by atoms with van der Waals surface area (Å²) in [6, 6.07) is 16.2. The molecular weight excluding hydrogens is 569 g/mol. The SMILES string of the molecule is CC1CC=CC2=C1C(C)(C)c1cc(C3=CC(c4cccc(C5=NC(C6CC=CCC6)=NC(C6C=CC=CC6)=C=C5)c4)CC=C3)ccc12. The molecule has 4 atom stereocenters. The van der Waals surface area contributed by atoms with Gasteiger partial charge in [0.15, 0.2) is 0 Å². The standard InChI is InChI=1S/C45H44N2/c1-30-13-10-22-39-38-24-23-36(29-40(38)45(2,3)43(30)39)34-19-11-18-33(27-34)35-20-12-21-37(28-35)42-26-25-41(31-14-6-4-7-15-31)46-44(47-42)32-16-8-5-9-17-32/h4-8,10-12,14,19-24,26-33H,9,13,15-18H2,1-3H3. The number of hydrogen-bond donors (Lipinski definition) is 0. The molecule has 47 heavy (non-hydrogen) atoms. The van der Waals surface area contributed by atoms with E-state index < -0.39 is 0 Å². The Morgan fingerprint density at radius 1 is 0.809 bits per heavy atom. The van der Waals surface area contributed by atoms with Crippen LogP contribution in [0.4, 0.5) is 0 Å². The average Bonchev–Trinajstić information content (AvgIpc) is 3.23. The van der Waals surface area contributed by atoms with Gasteiger partial charge in [-0.3, -0.25) is 0 Å². The van der Waals surface area contributed by atoms with Crippen molar-refractivity contribution in [3.63, 3.8) is 0 Å². The van der Waals surface area contributed by atoms with Crippen LogP contribution in [-0.2, 0) is 5.41 Å². The maximum Gasteiger partial charge on any atom is 0.133 e. The molecule has 0 N–H and O–H groups in total. The third-order valence-corrected chi connectivity index (χ3v) is 11.0. The first kappa shape index (κ1) is 29.9. The molecule has 0 saturated carbocycles. The molecule has 234 valence electrons. The van der Waals surface area contributed by atoms with Gasteiger partial charge in [0.25, 0.3) is 0 Å². The molecule has 5 aliphatic carbocycles. The molecular formula is C45H44N2. The van der Waals surface area contributed by atoms with E-state index in [1.807, 2.05) is 0 Å². The van der Waals surface area contributed by atoms with Gasteiger partial charge in [0.2, 0.25) is 0 Å². The summed E-state index contributed by atoms with van der Waals surface area (Å²) in [6.45, 7) is 7.22. The molecule has 0 radical (unpaired) electrons. The van der Waals surface area contributed by atoms with Crippen LogP contribution in [0.1, 0.15) is 93.0 Å². The Morgan fingerprint density at radius 2 is 1.70 bits per heavy atom. The van der Waals surface area contributed by atoms with Crippen LogP contribution >= 0.6 is 0 Å². The van der Waals surface area contributed by atoms with Crippen molar-refractivity contribution in [2.45, 2.75) is 70.6 Å². The van der Waals surface area contributed by atoms with Gasteiger partial charge in [-0.15, -0.1) is 0 Å². The number of benzene rings is 2. The summed E-state index contributed by atoms with van der Waals surface area (Å²) in [5, 5.41) is 0. The van der Waals surface area contributed by atoms with Crippen molar-refractivity contribution in [1.29, 1.82) is 0 Å². The van der Waals surface area contributed by atoms with E-state index in [-0.39, 0.29) is 11.3 Å². The first-order valence-electron chi connectivity index (χ1n) is 17.6. The minimum atomic E-state index is 0.0544. The predicted molar refractivity (Wildman–Crippen MR) is 199 cm³/mol. The molecule has 4 unspecified atom stereocenters. The van der Waals surface area contributed by atoms with Crippen molar-refractivity contribution in [3.8, 4) is 0 Å². The van der Waals surface area contributed by atoms with E-state index in [4.69, 9.17) is 9.98 Å². The van der Waals surface area contributed by atoms with E-state index in [1.54, 1.807) is 5.57 Å². The van der Waals surface area contributed by atoms with Crippen molar-refractivity contribution in [2.24, 2.45) is 27.7 Å². The zero-order valence-electron chi connectivity index (χ0n) is 27.9. The van der Waals surface area contributed by atoms with Gasteiger partial charge in [-0.25, -0.2) is 9.98 Å². The lowest BCUT2D eigenvalue weighted by molar-refractivity contribution is 0.530. The molecule has 1 aliphatic heterocycles. The van der Waals surface area contributed by atoms with E-state index in [0.29, 0.717) is 17.8 Å². The van der Waals surface area contributed by atoms with E-state index >= 15 is 0 Å². The second-order valence-corrected chi connectivity index (χ2v) is 14.5. The highest BCUT2D eigenvalue weighted by molar-refractivity contribution is 6.14. The fourth-order valence-corrected chi connectivity index (χ4v) is 8.52. The lowest BCUT2D eigenvalue weighted by atomic mass is 9.73. The van der Waals surface area contributed by atoms with Crippen molar-refractivity contribution in [2.75, 3.05) is 0 Å². The van der Waals surface area contributed by atoms with Crippen molar-refractivity contribution in [3.05, 3.63) is 160 Å². The van der Waals surface area contributed by atoms with Crippen LogP contribution in [0.2, 0.25) is 0 Å². The van der Waals surface area contributed by atoms with Crippen LogP contribution in [0, 0.1) is 17.8 Å². The Kier molecular flexibility index (Phi) is 7.78. The quantitative estimate of drug-likeness (QED) is 0.237. The zero-order chi connectivity index (χ0) is 32.0. The highest BCUT2D eigenvalue weighted by Gasteiger charge is 2.40. The Labute approximate surface area is 280 Å². The molecule has 8 rings (SSSR count). The second kappa shape index (κ2) is 12.3. The smallest absolute Gasteiger partial charge is 0.133 e. The molecule has 0 fully saturated rings. The van der Waals surface area contributed by atoms with Gasteiger partial charge in [-0.2, -0.15) is 0 Å². The molecule has 2 nitrogen and oxygen atoms in total. The van der Waals surface area contributed by atoms with Crippen molar-refractivity contribution >= 4 is 22.7 Å². The maximum atomic E-state index is 5.26.